The van der Waals surface area contributed by atoms with Crippen LogP contribution in [-0.2, 0) is 11.3 Å². The maximum absolute atomic E-state index is 14.2. The summed E-state index contributed by atoms with van der Waals surface area (Å²) >= 11 is 0. The Morgan fingerprint density at radius 3 is 2.74 bits per heavy atom. The van der Waals surface area contributed by atoms with E-state index < -0.39 is 0 Å². The molecule has 4 nitrogen and oxygen atoms in total. The monoisotopic (exact) mass is 315 g/mol. The zero-order chi connectivity index (χ0) is 16.4. The molecular formula is C18H22FN3O. The number of halogens is 1. The number of nitrogens with zero attached hydrogens (tertiary/aromatic N) is 3. The van der Waals surface area contributed by atoms with Crippen molar-refractivity contribution in [2.75, 3.05) is 13.1 Å². The van der Waals surface area contributed by atoms with Crippen LogP contribution in [0, 0.1) is 17.1 Å². The molecule has 122 valence electrons. The number of carbonyl (C=O) groups excluding carboxylic acids is 1. The molecule has 0 aliphatic carbocycles. The third kappa shape index (κ3) is 3.23. The van der Waals surface area contributed by atoms with Crippen molar-refractivity contribution in [3.05, 3.63) is 35.1 Å². The molecule has 0 aromatic heterocycles. The van der Waals surface area contributed by atoms with E-state index in [9.17, 15) is 9.18 Å². The van der Waals surface area contributed by atoms with Crippen LogP contribution in [0.1, 0.15) is 43.7 Å². The molecule has 2 aliphatic rings. The zero-order valence-electron chi connectivity index (χ0n) is 13.5. The summed E-state index contributed by atoms with van der Waals surface area (Å²) in [5.41, 5.74) is 0.978. The van der Waals surface area contributed by atoms with Crippen LogP contribution in [-0.4, -0.2) is 40.9 Å². The molecule has 0 unspecified atom stereocenters. The SMILES string of the molecule is CC(=O)N1CCC[C@H]1[C@H]1CCCN1Cc1ccc(C#N)cc1F. The lowest BCUT2D eigenvalue weighted by molar-refractivity contribution is -0.130. The van der Waals surface area contributed by atoms with Gasteiger partial charge in [0.15, 0.2) is 0 Å². The van der Waals surface area contributed by atoms with E-state index in [1.807, 2.05) is 11.0 Å². The van der Waals surface area contributed by atoms with Crippen molar-refractivity contribution < 1.29 is 9.18 Å². The summed E-state index contributed by atoms with van der Waals surface area (Å²) in [6, 6.07) is 7.22. The number of hydrogen-bond acceptors (Lipinski definition) is 3. The molecule has 2 heterocycles. The molecule has 2 atom stereocenters. The van der Waals surface area contributed by atoms with E-state index in [4.69, 9.17) is 5.26 Å². The number of benzene rings is 1. The topological polar surface area (TPSA) is 47.3 Å². The van der Waals surface area contributed by atoms with Gasteiger partial charge in [-0.1, -0.05) is 6.07 Å². The lowest BCUT2D eigenvalue weighted by atomic mass is 10.0. The Morgan fingerprint density at radius 2 is 2.04 bits per heavy atom. The Kier molecular flexibility index (Phi) is 4.63. The largest absolute Gasteiger partial charge is 0.338 e. The molecule has 0 bridgehead atoms. The number of likely N-dealkylation sites (tertiary alicyclic amines) is 2. The first-order chi connectivity index (χ1) is 11.1. The molecule has 5 heteroatoms. The Labute approximate surface area is 136 Å². The van der Waals surface area contributed by atoms with E-state index in [0.29, 0.717) is 23.7 Å². The van der Waals surface area contributed by atoms with Gasteiger partial charge in [-0.2, -0.15) is 5.26 Å². The second-order valence-corrected chi connectivity index (χ2v) is 6.52. The third-order valence-electron chi connectivity index (χ3n) is 5.12. The summed E-state index contributed by atoms with van der Waals surface area (Å²) in [6.07, 6.45) is 4.24. The summed E-state index contributed by atoms with van der Waals surface area (Å²) < 4.78 is 14.2. The van der Waals surface area contributed by atoms with Crippen LogP contribution in [0.4, 0.5) is 4.39 Å². The summed E-state index contributed by atoms with van der Waals surface area (Å²) in [5, 5.41) is 8.84. The van der Waals surface area contributed by atoms with Crippen LogP contribution in [0.2, 0.25) is 0 Å². The smallest absolute Gasteiger partial charge is 0.219 e. The van der Waals surface area contributed by atoms with Gasteiger partial charge in [0.05, 0.1) is 11.6 Å². The van der Waals surface area contributed by atoms with Crippen molar-refractivity contribution in [2.45, 2.75) is 51.2 Å². The molecule has 1 amide bonds. The number of nitriles is 1. The van der Waals surface area contributed by atoms with Gasteiger partial charge in [-0.3, -0.25) is 9.69 Å². The van der Waals surface area contributed by atoms with Gasteiger partial charge in [0, 0.05) is 37.7 Å². The predicted octanol–water partition coefficient (Wildman–Crippen LogP) is 2.67. The number of carbonyl (C=O) groups is 1. The Hall–Kier alpha value is -1.93. The van der Waals surface area contributed by atoms with Crippen LogP contribution >= 0.6 is 0 Å². The normalized spacial score (nSPS) is 24.8. The van der Waals surface area contributed by atoms with Crippen LogP contribution in [0.25, 0.3) is 0 Å². The first kappa shape index (κ1) is 15.9. The third-order valence-corrected chi connectivity index (χ3v) is 5.12. The van der Waals surface area contributed by atoms with E-state index in [-0.39, 0.29) is 17.8 Å². The average Bonchev–Trinajstić information content (AvgIpc) is 3.17. The van der Waals surface area contributed by atoms with Crippen LogP contribution < -0.4 is 0 Å². The molecule has 2 saturated heterocycles. The molecule has 0 N–H and O–H groups in total. The minimum Gasteiger partial charge on any atom is -0.338 e. The summed E-state index contributed by atoms with van der Waals surface area (Å²) in [4.78, 5) is 16.1. The standard InChI is InChI=1S/C18H22FN3O/c1-13(23)22-9-3-5-18(22)17-4-2-8-21(17)12-15-7-6-14(11-20)10-16(15)19/h6-7,10,17-18H,2-5,8-9,12H2,1H3/t17-,18+/m1/s1. The molecule has 3 rings (SSSR count). The fraction of sp³-hybridized carbons (Fsp3) is 0.556. The van der Waals surface area contributed by atoms with Gasteiger partial charge >= 0.3 is 0 Å². The highest BCUT2D eigenvalue weighted by molar-refractivity contribution is 5.74. The van der Waals surface area contributed by atoms with Crippen molar-refractivity contribution in [1.29, 1.82) is 5.26 Å². The lowest BCUT2D eigenvalue weighted by Gasteiger charge is -2.34. The fourth-order valence-corrected chi connectivity index (χ4v) is 4.03. The quantitative estimate of drug-likeness (QED) is 0.861. The molecule has 1 aromatic rings. The molecule has 2 aliphatic heterocycles. The molecule has 0 radical (unpaired) electrons. The fourth-order valence-electron chi connectivity index (χ4n) is 4.03. The van der Waals surface area contributed by atoms with Crippen LogP contribution in [0.3, 0.4) is 0 Å². The highest BCUT2D eigenvalue weighted by Crippen LogP contribution is 2.31. The Balaban J connectivity index is 1.75. The predicted molar refractivity (Wildman–Crippen MR) is 85.0 cm³/mol. The van der Waals surface area contributed by atoms with E-state index in [2.05, 4.69) is 4.90 Å². The van der Waals surface area contributed by atoms with Crippen LogP contribution in [0.5, 0.6) is 0 Å². The van der Waals surface area contributed by atoms with Gasteiger partial charge in [-0.15, -0.1) is 0 Å². The van der Waals surface area contributed by atoms with Crippen molar-refractivity contribution >= 4 is 5.91 Å². The highest BCUT2D eigenvalue weighted by Gasteiger charge is 2.38. The minimum atomic E-state index is -0.315. The first-order valence-electron chi connectivity index (χ1n) is 8.30. The van der Waals surface area contributed by atoms with Gasteiger partial charge in [-0.25, -0.2) is 4.39 Å². The van der Waals surface area contributed by atoms with Crippen molar-refractivity contribution in [1.82, 2.24) is 9.80 Å². The maximum atomic E-state index is 14.2. The Bertz CT molecular complexity index is 640. The average molecular weight is 315 g/mol. The van der Waals surface area contributed by atoms with Gasteiger partial charge in [0.1, 0.15) is 5.82 Å². The maximum Gasteiger partial charge on any atom is 0.219 e. The molecule has 1 aromatic carbocycles. The van der Waals surface area contributed by atoms with Crippen molar-refractivity contribution in [2.24, 2.45) is 0 Å². The Morgan fingerprint density at radius 1 is 1.30 bits per heavy atom. The number of rotatable bonds is 3. The van der Waals surface area contributed by atoms with E-state index in [1.54, 1.807) is 19.1 Å². The summed E-state index contributed by atoms with van der Waals surface area (Å²) in [5.74, 6) is -0.173. The van der Waals surface area contributed by atoms with Gasteiger partial charge in [0.2, 0.25) is 5.91 Å². The summed E-state index contributed by atoms with van der Waals surface area (Å²) in [7, 11) is 0. The molecular weight excluding hydrogens is 293 g/mol. The molecule has 0 spiro atoms. The van der Waals surface area contributed by atoms with E-state index >= 15 is 0 Å². The second kappa shape index (κ2) is 6.67. The minimum absolute atomic E-state index is 0.143. The first-order valence-corrected chi connectivity index (χ1v) is 8.30. The van der Waals surface area contributed by atoms with E-state index in [1.165, 1.54) is 6.07 Å². The zero-order valence-corrected chi connectivity index (χ0v) is 13.5. The lowest BCUT2D eigenvalue weighted by Crippen LogP contribution is -2.47. The van der Waals surface area contributed by atoms with Crippen LogP contribution in [0.15, 0.2) is 18.2 Å². The highest BCUT2D eigenvalue weighted by atomic mass is 19.1. The molecule has 23 heavy (non-hydrogen) atoms. The van der Waals surface area contributed by atoms with E-state index in [0.717, 1.165) is 38.8 Å². The second-order valence-electron chi connectivity index (χ2n) is 6.52. The molecule has 2 fully saturated rings. The van der Waals surface area contributed by atoms with Gasteiger partial charge in [-0.05, 0) is 44.4 Å². The number of hydrogen-bond donors (Lipinski definition) is 0. The molecule has 0 saturated carbocycles. The van der Waals surface area contributed by atoms with Gasteiger partial charge in [0.25, 0.3) is 0 Å². The van der Waals surface area contributed by atoms with Crippen molar-refractivity contribution in [3.63, 3.8) is 0 Å². The number of amides is 1. The summed E-state index contributed by atoms with van der Waals surface area (Å²) in [6.45, 7) is 3.96. The van der Waals surface area contributed by atoms with Gasteiger partial charge < -0.3 is 4.90 Å². The van der Waals surface area contributed by atoms with Crippen molar-refractivity contribution in [3.8, 4) is 6.07 Å².